The number of fused-ring (bicyclic) bond motifs is 1. The van der Waals surface area contributed by atoms with Gasteiger partial charge in [-0.15, -0.1) is 0 Å². The second-order valence-corrected chi connectivity index (χ2v) is 6.19. The van der Waals surface area contributed by atoms with Crippen molar-refractivity contribution < 1.29 is 9.32 Å². The van der Waals surface area contributed by atoms with Crippen LogP contribution in [0.25, 0.3) is 11.0 Å². The molecule has 1 aromatic carbocycles. The fourth-order valence-corrected chi connectivity index (χ4v) is 3.15. The molecule has 0 radical (unpaired) electrons. The molecule has 0 bridgehead atoms. The quantitative estimate of drug-likeness (QED) is 0.942. The lowest BCUT2D eigenvalue weighted by atomic mass is 9.95. The van der Waals surface area contributed by atoms with E-state index in [4.69, 9.17) is 4.52 Å². The lowest BCUT2D eigenvalue weighted by Gasteiger charge is -2.31. The first-order valence-corrected chi connectivity index (χ1v) is 8.01. The van der Waals surface area contributed by atoms with E-state index >= 15 is 0 Å². The Hall–Kier alpha value is -2.04. The molecule has 3 rings (SSSR count). The van der Waals surface area contributed by atoms with E-state index in [9.17, 15) is 4.79 Å². The maximum atomic E-state index is 12.3. The van der Waals surface area contributed by atoms with Gasteiger partial charge in [-0.1, -0.05) is 36.0 Å². The van der Waals surface area contributed by atoms with E-state index in [0.717, 1.165) is 35.1 Å². The van der Waals surface area contributed by atoms with Crippen molar-refractivity contribution in [2.45, 2.75) is 51.6 Å². The molecule has 0 aliphatic heterocycles. The Labute approximate surface area is 130 Å². The number of nitrogens with one attached hydrogen (secondary N) is 1. The third kappa shape index (κ3) is 3.08. The van der Waals surface area contributed by atoms with Gasteiger partial charge in [0.25, 0.3) is 0 Å². The number of nitrogens with zero attached hydrogens (tertiary/aromatic N) is 2. The van der Waals surface area contributed by atoms with Gasteiger partial charge in [0.15, 0.2) is 5.58 Å². The average molecular weight is 301 g/mol. The van der Waals surface area contributed by atoms with Crippen molar-refractivity contribution in [3.05, 3.63) is 29.5 Å². The minimum absolute atomic E-state index is 0.0318. The molecular weight excluding hydrogens is 278 g/mol. The topological polar surface area (TPSA) is 58.4 Å². The fraction of sp³-hybridized carbons (Fsp3) is 0.529. The molecule has 5 heteroatoms. The summed E-state index contributed by atoms with van der Waals surface area (Å²) >= 11 is 0. The van der Waals surface area contributed by atoms with Crippen LogP contribution in [0.5, 0.6) is 0 Å². The third-order valence-electron chi connectivity index (χ3n) is 4.55. The van der Waals surface area contributed by atoms with Gasteiger partial charge in [-0.25, -0.2) is 4.79 Å². The first-order valence-electron chi connectivity index (χ1n) is 8.01. The van der Waals surface area contributed by atoms with Crippen LogP contribution in [0.4, 0.5) is 4.79 Å². The van der Waals surface area contributed by atoms with Crippen LogP contribution in [0.1, 0.15) is 43.4 Å². The van der Waals surface area contributed by atoms with Crippen LogP contribution in [-0.4, -0.2) is 29.2 Å². The van der Waals surface area contributed by atoms with E-state index in [1.165, 1.54) is 19.3 Å². The highest BCUT2D eigenvalue weighted by Gasteiger charge is 2.22. The molecule has 2 aromatic rings. The highest BCUT2D eigenvalue weighted by atomic mass is 16.5. The lowest BCUT2D eigenvalue weighted by Crippen LogP contribution is -2.44. The molecule has 0 saturated heterocycles. The standard InChI is InChI=1S/C17H23N3O2/c1-12-8-9-16-14(10-12)15(19-22-16)11-18-17(21)20(2)13-6-4-3-5-7-13/h8-10,13H,3-7,11H2,1-2H3,(H,18,21). The number of rotatable bonds is 3. The van der Waals surface area contributed by atoms with E-state index in [1.807, 2.05) is 37.1 Å². The summed E-state index contributed by atoms with van der Waals surface area (Å²) in [6.07, 6.45) is 5.94. The van der Waals surface area contributed by atoms with Crippen LogP contribution in [0.2, 0.25) is 0 Å². The molecule has 0 spiro atoms. The number of amides is 2. The van der Waals surface area contributed by atoms with Crippen molar-refractivity contribution in [1.29, 1.82) is 0 Å². The predicted molar refractivity (Wildman–Crippen MR) is 85.6 cm³/mol. The molecule has 22 heavy (non-hydrogen) atoms. The van der Waals surface area contributed by atoms with Crippen LogP contribution in [0.15, 0.2) is 22.7 Å². The van der Waals surface area contributed by atoms with E-state index in [0.29, 0.717) is 12.6 Å². The summed E-state index contributed by atoms with van der Waals surface area (Å²) in [5.74, 6) is 0. The number of carbonyl (C=O) groups excluding carboxylic acids is 1. The van der Waals surface area contributed by atoms with E-state index in [1.54, 1.807) is 0 Å². The van der Waals surface area contributed by atoms with Gasteiger partial charge in [-0.3, -0.25) is 0 Å². The maximum Gasteiger partial charge on any atom is 0.317 e. The summed E-state index contributed by atoms with van der Waals surface area (Å²) in [4.78, 5) is 14.1. The zero-order valence-corrected chi connectivity index (χ0v) is 13.3. The van der Waals surface area contributed by atoms with E-state index in [-0.39, 0.29) is 6.03 Å². The molecule has 1 saturated carbocycles. The molecule has 1 aromatic heterocycles. The molecule has 0 atom stereocenters. The largest absolute Gasteiger partial charge is 0.356 e. The number of aryl methyl sites for hydroxylation is 1. The minimum atomic E-state index is -0.0318. The van der Waals surface area contributed by atoms with Crippen LogP contribution in [-0.2, 0) is 6.54 Å². The van der Waals surface area contributed by atoms with Crippen molar-refractivity contribution in [1.82, 2.24) is 15.4 Å². The molecule has 118 valence electrons. The SMILES string of the molecule is Cc1ccc2onc(CNC(=O)N(C)C3CCCCC3)c2c1. The summed E-state index contributed by atoms with van der Waals surface area (Å²) < 4.78 is 5.30. The third-order valence-corrected chi connectivity index (χ3v) is 4.55. The number of aromatic nitrogens is 1. The van der Waals surface area contributed by atoms with E-state index in [2.05, 4.69) is 10.5 Å². The van der Waals surface area contributed by atoms with Crippen molar-refractivity contribution in [2.75, 3.05) is 7.05 Å². The zero-order valence-electron chi connectivity index (χ0n) is 13.3. The monoisotopic (exact) mass is 301 g/mol. The minimum Gasteiger partial charge on any atom is -0.356 e. The molecule has 1 fully saturated rings. The number of hydrogen-bond acceptors (Lipinski definition) is 3. The molecule has 1 heterocycles. The molecule has 1 N–H and O–H groups in total. The summed E-state index contributed by atoms with van der Waals surface area (Å²) in [6, 6.07) is 6.28. The molecule has 1 aliphatic carbocycles. The van der Waals surface area contributed by atoms with Gasteiger partial charge >= 0.3 is 6.03 Å². The second-order valence-electron chi connectivity index (χ2n) is 6.19. The fourth-order valence-electron chi connectivity index (χ4n) is 3.15. The normalized spacial score (nSPS) is 15.9. The van der Waals surface area contributed by atoms with Crippen LogP contribution >= 0.6 is 0 Å². The molecule has 1 aliphatic rings. The maximum absolute atomic E-state index is 12.3. The van der Waals surface area contributed by atoms with Gasteiger partial charge < -0.3 is 14.7 Å². The number of urea groups is 1. The highest BCUT2D eigenvalue weighted by Crippen LogP contribution is 2.22. The first-order chi connectivity index (χ1) is 10.6. The Kier molecular flexibility index (Phi) is 4.32. The van der Waals surface area contributed by atoms with Crippen molar-refractivity contribution in [3.63, 3.8) is 0 Å². The Morgan fingerprint density at radius 2 is 2.14 bits per heavy atom. The van der Waals surface area contributed by atoms with Gasteiger partial charge in [0, 0.05) is 18.5 Å². The van der Waals surface area contributed by atoms with Crippen molar-refractivity contribution in [2.24, 2.45) is 0 Å². The number of benzene rings is 1. The number of hydrogen-bond donors (Lipinski definition) is 1. The van der Waals surface area contributed by atoms with Crippen LogP contribution in [0, 0.1) is 6.92 Å². The van der Waals surface area contributed by atoms with Gasteiger partial charge in [-0.2, -0.15) is 0 Å². The summed E-state index contributed by atoms with van der Waals surface area (Å²) in [7, 11) is 1.89. The van der Waals surface area contributed by atoms with Gasteiger partial charge in [0.2, 0.25) is 0 Å². The summed E-state index contributed by atoms with van der Waals surface area (Å²) in [5, 5.41) is 8.00. The number of carbonyl (C=O) groups is 1. The van der Waals surface area contributed by atoms with Crippen molar-refractivity contribution in [3.8, 4) is 0 Å². The Balaban J connectivity index is 1.63. The Bertz CT molecular complexity index is 659. The zero-order chi connectivity index (χ0) is 15.5. The molecule has 0 unspecified atom stereocenters. The first kappa shape index (κ1) is 14.9. The summed E-state index contributed by atoms with van der Waals surface area (Å²) in [5.41, 5.74) is 2.70. The van der Waals surface area contributed by atoms with Gasteiger partial charge in [0.1, 0.15) is 5.69 Å². The molecule has 5 nitrogen and oxygen atoms in total. The smallest absolute Gasteiger partial charge is 0.317 e. The van der Waals surface area contributed by atoms with Crippen LogP contribution < -0.4 is 5.32 Å². The van der Waals surface area contributed by atoms with Gasteiger partial charge in [0.05, 0.1) is 6.54 Å². The highest BCUT2D eigenvalue weighted by molar-refractivity contribution is 5.81. The van der Waals surface area contributed by atoms with Crippen molar-refractivity contribution >= 4 is 17.0 Å². The summed E-state index contributed by atoms with van der Waals surface area (Å²) in [6.45, 7) is 2.43. The average Bonchev–Trinajstić information content (AvgIpc) is 2.95. The van der Waals surface area contributed by atoms with E-state index < -0.39 is 0 Å². The lowest BCUT2D eigenvalue weighted by molar-refractivity contribution is 0.173. The molecule has 2 amide bonds. The Morgan fingerprint density at radius 1 is 1.36 bits per heavy atom. The Morgan fingerprint density at radius 3 is 2.91 bits per heavy atom. The second kappa shape index (κ2) is 6.38. The predicted octanol–water partition coefficient (Wildman–Crippen LogP) is 3.61. The van der Waals surface area contributed by atoms with Gasteiger partial charge in [-0.05, 0) is 31.9 Å². The van der Waals surface area contributed by atoms with Crippen LogP contribution in [0.3, 0.4) is 0 Å². The molecular formula is C17H23N3O2.